The van der Waals surface area contributed by atoms with Crippen LogP contribution in [0.5, 0.6) is 5.75 Å². The van der Waals surface area contributed by atoms with Gasteiger partial charge in [0.1, 0.15) is 5.75 Å². The molecule has 0 fully saturated rings. The number of hydrogen-bond donors (Lipinski definition) is 1. The zero-order valence-corrected chi connectivity index (χ0v) is 9.82. The number of para-hydroxylation sites is 1. The molecule has 2 rings (SSSR count). The number of fused-ring (bicyclic) bond motifs is 1. The third kappa shape index (κ3) is 2.99. The SMILES string of the molecule is NCCCCC[C@@H]1CCc2ccccc2O1. The number of hydrogen-bond acceptors (Lipinski definition) is 2. The summed E-state index contributed by atoms with van der Waals surface area (Å²) in [4.78, 5) is 0. The summed E-state index contributed by atoms with van der Waals surface area (Å²) < 4.78 is 5.98. The number of unbranched alkanes of at least 4 members (excludes halogenated alkanes) is 2. The van der Waals surface area contributed by atoms with E-state index >= 15 is 0 Å². The highest BCUT2D eigenvalue weighted by Gasteiger charge is 2.18. The molecule has 1 aliphatic heterocycles. The standard InChI is InChI=1S/C14H21NO/c15-11-5-1-2-7-13-10-9-12-6-3-4-8-14(12)16-13/h3-4,6,8,13H,1-2,5,7,9-11,15H2/t13-/m1/s1. The second kappa shape index (κ2) is 5.90. The Labute approximate surface area is 97.8 Å². The summed E-state index contributed by atoms with van der Waals surface area (Å²) in [6, 6.07) is 8.39. The van der Waals surface area contributed by atoms with Crippen LogP contribution >= 0.6 is 0 Å². The van der Waals surface area contributed by atoms with Crippen LogP contribution in [0.1, 0.15) is 37.7 Å². The first-order valence-corrected chi connectivity index (χ1v) is 6.35. The molecular formula is C14H21NO. The number of aryl methyl sites for hydroxylation is 1. The largest absolute Gasteiger partial charge is 0.490 e. The molecule has 16 heavy (non-hydrogen) atoms. The third-order valence-electron chi connectivity index (χ3n) is 3.23. The number of benzene rings is 1. The lowest BCUT2D eigenvalue weighted by molar-refractivity contribution is 0.160. The summed E-state index contributed by atoms with van der Waals surface area (Å²) in [6.45, 7) is 0.814. The van der Waals surface area contributed by atoms with Crippen molar-refractivity contribution in [2.45, 2.75) is 44.6 Å². The van der Waals surface area contributed by atoms with Crippen molar-refractivity contribution in [3.63, 3.8) is 0 Å². The summed E-state index contributed by atoms with van der Waals surface area (Å²) in [7, 11) is 0. The second-order valence-corrected chi connectivity index (χ2v) is 4.52. The molecule has 1 heterocycles. The van der Waals surface area contributed by atoms with Gasteiger partial charge in [-0.25, -0.2) is 0 Å². The minimum atomic E-state index is 0.424. The Kier molecular flexibility index (Phi) is 4.23. The van der Waals surface area contributed by atoms with Crippen molar-refractivity contribution in [3.05, 3.63) is 29.8 Å². The first kappa shape index (κ1) is 11.5. The minimum Gasteiger partial charge on any atom is -0.490 e. The maximum absolute atomic E-state index is 5.98. The van der Waals surface area contributed by atoms with Crippen LogP contribution in [0, 0.1) is 0 Å². The predicted octanol–water partition coefficient (Wildman–Crippen LogP) is 2.90. The Morgan fingerprint density at radius 2 is 2.06 bits per heavy atom. The lowest BCUT2D eigenvalue weighted by Gasteiger charge is -2.26. The topological polar surface area (TPSA) is 35.2 Å². The van der Waals surface area contributed by atoms with E-state index in [0.29, 0.717) is 6.10 Å². The number of rotatable bonds is 5. The molecule has 2 nitrogen and oxygen atoms in total. The van der Waals surface area contributed by atoms with Crippen molar-refractivity contribution in [2.24, 2.45) is 5.73 Å². The van der Waals surface area contributed by atoms with Crippen molar-refractivity contribution < 1.29 is 4.74 Å². The van der Waals surface area contributed by atoms with Gasteiger partial charge in [-0.15, -0.1) is 0 Å². The molecule has 0 radical (unpaired) electrons. The first-order valence-electron chi connectivity index (χ1n) is 6.35. The molecular weight excluding hydrogens is 198 g/mol. The molecule has 0 saturated heterocycles. The van der Waals surface area contributed by atoms with Gasteiger partial charge in [-0.2, -0.15) is 0 Å². The van der Waals surface area contributed by atoms with Crippen LogP contribution in [0.3, 0.4) is 0 Å². The van der Waals surface area contributed by atoms with Gasteiger partial charge in [-0.05, 0) is 50.3 Å². The zero-order valence-electron chi connectivity index (χ0n) is 9.82. The van der Waals surface area contributed by atoms with E-state index in [1.807, 2.05) is 0 Å². The van der Waals surface area contributed by atoms with Crippen LogP contribution < -0.4 is 10.5 Å². The van der Waals surface area contributed by atoms with Crippen molar-refractivity contribution in [2.75, 3.05) is 6.54 Å². The fourth-order valence-corrected chi connectivity index (χ4v) is 2.28. The Morgan fingerprint density at radius 3 is 2.94 bits per heavy atom. The molecule has 0 aliphatic carbocycles. The van der Waals surface area contributed by atoms with Gasteiger partial charge in [0, 0.05) is 0 Å². The summed E-state index contributed by atoms with van der Waals surface area (Å²) in [5.41, 5.74) is 6.84. The smallest absolute Gasteiger partial charge is 0.122 e. The first-order chi connectivity index (χ1) is 7.90. The van der Waals surface area contributed by atoms with E-state index in [1.54, 1.807) is 0 Å². The van der Waals surface area contributed by atoms with E-state index in [0.717, 1.165) is 25.1 Å². The van der Waals surface area contributed by atoms with Gasteiger partial charge in [0.25, 0.3) is 0 Å². The Morgan fingerprint density at radius 1 is 1.19 bits per heavy atom. The maximum atomic E-state index is 5.98. The van der Waals surface area contributed by atoms with Crippen LogP contribution in [0.15, 0.2) is 24.3 Å². The molecule has 88 valence electrons. The van der Waals surface area contributed by atoms with Crippen molar-refractivity contribution in [3.8, 4) is 5.75 Å². The van der Waals surface area contributed by atoms with Gasteiger partial charge >= 0.3 is 0 Å². The Hall–Kier alpha value is -1.02. The maximum Gasteiger partial charge on any atom is 0.122 e. The molecule has 0 saturated carbocycles. The Balaban J connectivity index is 1.79. The van der Waals surface area contributed by atoms with E-state index in [-0.39, 0.29) is 0 Å². The normalized spacial score (nSPS) is 18.9. The third-order valence-corrected chi connectivity index (χ3v) is 3.23. The van der Waals surface area contributed by atoms with Crippen LogP contribution in [-0.2, 0) is 6.42 Å². The fourth-order valence-electron chi connectivity index (χ4n) is 2.28. The quantitative estimate of drug-likeness (QED) is 0.773. The fraction of sp³-hybridized carbons (Fsp3) is 0.571. The summed E-state index contributed by atoms with van der Waals surface area (Å²) in [5, 5.41) is 0. The van der Waals surface area contributed by atoms with Gasteiger partial charge in [-0.1, -0.05) is 24.6 Å². The predicted molar refractivity (Wildman–Crippen MR) is 66.7 cm³/mol. The summed E-state index contributed by atoms with van der Waals surface area (Å²) >= 11 is 0. The summed E-state index contributed by atoms with van der Waals surface area (Å²) in [5.74, 6) is 1.09. The van der Waals surface area contributed by atoms with Gasteiger partial charge in [0.2, 0.25) is 0 Å². The van der Waals surface area contributed by atoms with Gasteiger partial charge in [0.15, 0.2) is 0 Å². The Bertz CT molecular complexity index is 324. The number of ether oxygens (including phenoxy) is 1. The minimum absolute atomic E-state index is 0.424. The van der Waals surface area contributed by atoms with Crippen LogP contribution in [0.2, 0.25) is 0 Å². The van der Waals surface area contributed by atoms with Gasteiger partial charge in [-0.3, -0.25) is 0 Å². The molecule has 1 aromatic carbocycles. The van der Waals surface area contributed by atoms with Crippen LogP contribution in [0.25, 0.3) is 0 Å². The van der Waals surface area contributed by atoms with Crippen molar-refractivity contribution in [1.29, 1.82) is 0 Å². The molecule has 0 bridgehead atoms. The van der Waals surface area contributed by atoms with Crippen molar-refractivity contribution >= 4 is 0 Å². The highest BCUT2D eigenvalue weighted by Crippen LogP contribution is 2.28. The van der Waals surface area contributed by atoms with E-state index in [2.05, 4.69) is 24.3 Å². The van der Waals surface area contributed by atoms with E-state index < -0.39 is 0 Å². The molecule has 0 aromatic heterocycles. The second-order valence-electron chi connectivity index (χ2n) is 4.52. The molecule has 1 aromatic rings. The summed E-state index contributed by atoms with van der Waals surface area (Å²) in [6.07, 6.45) is 7.55. The van der Waals surface area contributed by atoms with Gasteiger partial charge < -0.3 is 10.5 Å². The van der Waals surface area contributed by atoms with E-state index in [9.17, 15) is 0 Å². The number of nitrogens with two attached hydrogens (primary N) is 1. The molecule has 1 atom stereocenters. The molecule has 0 amide bonds. The molecule has 2 heteroatoms. The zero-order chi connectivity index (χ0) is 11.2. The average molecular weight is 219 g/mol. The molecule has 0 unspecified atom stereocenters. The average Bonchev–Trinajstić information content (AvgIpc) is 2.34. The molecule has 2 N–H and O–H groups in total. The highest BCUT2D eigenvalue weighted by molar-refractivity contribution is 5.35. The van der Waals surface area contributed by atoms with Crippen LogP contribution in [0.4, 0.5) is 0 Å². The lowest BCUT2D eigenvalue weighted by Crippen LogP contribution is -2.22. The highest BCUT2D eigenvalue weighted by atomic mass is 16.5. The molecule has 0 spiro atoms. The monoisotopic (exact) mass is 219 g/mol. The molecule has 1 aliphatic rings. The van der Waals surface area contributed by atoms with Crippen molar-refractivity contribution in [1.82, 2.24) is 0 Å². The lowest BCUT2D eigenvalue weighted by atomic mass is 9.99. The van der Waals surface area contributed by atoms with E-state index in [4.69, 9.17) is 10.5 Å². The van der Waals surface area contributed by atoms with Crippen LogP contribution in [-0.4, -0.2) is 12.6 Å². The van der Waals surface area contributed by atoms with E-state index in [1.165, 1.54) is 31.2 Å². The van der Waals surface area contributed by atoms with Gasteiger partial charge in [0.05, 0.1) is 6.10 Å².